The minimum atomic E-state index is -1.02. The Hall–Kier alpha value is -1.42. The van der Waals surface area contributed by atoms with Gasteiger partial charge in [-0.3, -0.25) is 9.78 Å². The van der Waals surface area contributed by atoms with Crippen LogP contribution >= 0.6 is 0 Å². The summed E-state index contributed by atoms with van der Waals surface area (Å²) < 4.78 is 5.30. The van der Waals surface area contributed by atoms with E-state index in [0.29, 0.717) is 6.42 Å². The van der Waals surface area contributed by atoms with Crippen molar-refractivity contribution in [2.24, 2.45) is 5.73 Å². The lowest BCUT2D eigenvalue weighted by Gasteiger charge is -2.28. The number of rotatable bonds is 3. The maximum absolute atomic E-state index is 11.9. The molecule has 0 saturated heterocycles. The van der Waals surface area contributed by atoms with E-state index in [-0.39, 0.29) is 5.97 Å². The maximum Gasteiger partial charge on any atom is 0.326 e. The summed E-state index contributed by atoms with van der Waals surface area (Å²) in [6.45, 7) is 7.16. The zero-order valence-corrected chi connectivity index (χ0v) is 10.9. The number of nitrogens with zero attached hydrogens (tertiary/aromatic N) is 1. The van der Waals surface area contributed by atoms with Gasteiger partial charge in [-0.2, -0.15) is 0 Å². The number of aromatic nitrogens is 1. The fraction of sp³-hybridized carbons (Fsp3) is 0.538. The van der Waals surface area contributed by atoms with Crippen molar-refractivity contribution in [2.45, 2.75) is 45.3 Å². The van der Waals surface area contributed by atoms with Gasteiger partial charge >= 0.3 is 5.97 Å². The van der Waals surface area contributed by atoms with E-state index >= 15 is 0 Å². The van der Waals surface area contributed by atoms with Crippen LogP contribution in [0.1, 0.15) is 33.3 Å². The summed E-state index contributed by atoms with van der Waals surface area (Å²) in [6.07, 6.45) is 3.80. The number of carbonyl (C=O) groups is 1. The Morgan fingerprint density at radius 3 is 2.29 bits per heavy atom. The zero-order chi connectivity index (χ0) is 13.1. The molecule has 1 unspecified atom stereocenters. The second-order valence-electron chi connectivity index (χ2n) is 5.45. The Kier molecular flexibility index (Phi) is 3.88. The molecular weight excluding hydrogens is 216 g/mol. The van der Waals surface area contributed by atoms with Gasteiger partial charge in [-0.25, -0.2) is 0 Å². The lowest BCUT2D eigenvalue weighted by atomic mass is 9.94. The molecule has 2 N–H and O–H groups in total. The first kappa shape index (κ1) is 13.6. The summed E-state index contributed by atoms with van der Waals surface area (Å²) in [5.74, 6) is -0.387. The summed E-state index contributed by atoms with van der Waals surface area (Å²) in [5.41, 5.74) is 5.44. The molecule has 4 nitrogen and oxygen atoms in total. The Labute approximate surface area is 102 Å². The predicted molar refractivity (Wildman–Crippen MR) is 66.4 cm³/mol. The van der Waals surface area contributed by atoms with Crippen LogP contribution in [0, 0.1) is 0 Å². The van der Waals surface area contributed by atoms with Crippen LogP contribution in [0.2, 0.25) is 0 Å². The van der Waals surface area contributed by atoms with Gasteiger partial charge in [-0.15, -0.1) is 0 Å². The van der Waals surface area contributed by atoms with Gasteiger partial charge in [0, 0.05) is 18.8 Å². The van der Waals surface area contributed by atoms with Gasteiger partial charge in [0.25, 0.3) is 0 Å². The number of hydrogen-bond donors (Lipinski definition) is 1. The van der Waals surface area contributed by atoms with Crippen molar-refractivity contribution in [2.75, 3.05) is 0 Å². The molecule has 1 aromatic rings. The molecule has 1 heterocycles. The minimum Gasteiger partial charge on any atom is -0.459 e. The van der Waals surface area contributed by atoms with Gasteiger partial charge in [-0.1, -0.05) is 0 Å². The second kappa shape index (κ2) is 4.84. The average Bonchev–Trinajstić information content (AvgIpc) is 2.15. The van der Waals surface area contributed by atoms with E-state index in [1.54, 1.807) is 19.3 Å². The Morgan fingerprint density at radius 1 is 1.29 bits per heavy atom. The summed E-state index contributed by atoms with van der Waals surface area (Å²) in [6, 6.07) is 3.69. The van der Waals surface area contributed by atoms with Crippen LogP contribution in [-0.4, -0.2) is 22.1 Å². The summed E-state index contributed by atoms with van der Waals surface area (Å²) in [5, 5.41) is 0. The molecule has 0 spiro atoms. The standard InChI is InChI=1S/C13H20N2O2/c1-12(2,3)17-11(16)13(4,14)9-10-5-7-15-8-6-10/h5-8H,9,14H2,1-4H3. The summed E-state index contributed by atoms with van der Waals surface area (Å²) in [7, 11) is 0. The Morgan fingerprint density at radius 2 is 1.82 bits per heavy atom. The van der Waals surface area contributed by atoms with E-state index in [2.05, 4.69) is 4.98 Å². The highest BCUT2D eigenvalue weighted by Crippen LogP contribution is 2.16. The van der Waals surface area contributed by atoms with Gasteiger partial charge in [-0.05, 0) is 45.4 Å². The Balaban J connectivity index is 2.72. The number of carbonyl (C=O) groups excluding carboxylic acids is 1. The molecule has 0 aromatic carbocycles. The van der Waals surface area contributed by atoms with E-state index < -0.39 is 11.1 Å². The first-order valence-electron chi connectivity index (χ1n) is 5.62. The van der Waals surface area contributed by atoms with Gasteiger partial charge in [0.1, 0.15) is 11.1 Å². The summed E-state index contributed by atoms with van der Waals surface area (Å²) >= 11 is 0. The number of ether oxygens (including phenoxy) is 1. The number of hydrogen-bond acceptors (Lipinski definition) is 4. The number of nitrogens with two attached hydrogens (primary N) is 1. The Bertz CT molecular complexity index is 380. The third-order valence-corrected chi connectivity index (χ3v) is 2.19. The average molecular weight is 236 g/mol. The fourth-order valence-corrected chi connectivity index (χ4v) is 1.39. The summed E-state index contributed by atoms with van der Waals surface area (Å²) in [4.78, 5) is 15.8. The molecular formula is C13H20N2O2. The molecule has 17 heavy (non-hydrogen) atoms. The highest BCUT2D eigenvalue weighted by atomic mass is 16.6. The predicted octanol–water partition coefficient (Wildman–Crippen LogP) is 1.68. The van der Waals surface area contributed by atoms with Crippen LogP contribution in [0.4, 0.5) is 0 Å². The first-order valence-corrected chi connectivity index (χ1v) is 5.62. The highest BCUT2D eigenvalue weighted by molar-refractivity contribution is 5.80. The molecule has 1 rings (SSSR count). The quantitative estimate of drug-likeness (QED) is 0.811. The molecule has 0 fully saturated rings. The van der Waals surface area contributed by atoms with E-state index in [1.807, 2.05) is 32.9 Å². The molecule has 0 saturated carbocycles. The van der Waals surface area contributed by atoms with Crippen molar-refractivity contribution >= 4 is 5.97 Å². The number of pyridine rings is 1. The fourth-order valence-electron chi connectivity index (χ4n) is 1.39. The molecule has 1 aromatic heterocycles. The molecule has 0 aliphatic carbocycles. The minimum absolute atomic E-state index is 0.387. The molecule has 0 bridgehead atoms. The van der Waals surface area contributed by atoms with Gasteiger partial charge < -0.3 is 10.5 Å². The van der Waals surface area contributed by atoms with Crippen molar-refractivity contribution < 1.29 is 9.53 Å². The van der Waals surface area contributed by atoms with E-state index in [0.717, 1.165) is 5.56 Å². The van der Waals surface area contributed by atoms with E-state index in [4.69, 9.17) is 10.5 Å². The molecule has 4 heteroatoms. The van der Waals surface area contributed by atoms with Crippen molar-refractivity contribution in [3.63, 3.8) is 0 Å². The number of esters is 1. The second-order valence-corrected chi connectivity index (χ2v) is 5.45. The zero-order valence-electron chi connectivity index (χ0n) is 10.9. The largest absolute Gasteiger partial charge is 0.459 e. The van der Waals surface area contributed by atoms with Gasteiger partial charge in [0.2, 0.25) is 0 Å². The first-order chi connectivity index (χ1) is 7.71. The molecule has 1 atom stereocenters. The lowest BCUT2D eigenvalue weighted by Crippen LogP contribution is -2.50. The molecule has 0 aliphatic heterocycles. The highest BCUT2D eigenvalue weighted by Gasteiger charge is 2.33. The topological polar surface area (TPSA) is 65.2 Å². The third kappa shape index (κ3) is 4.53. The molecule has 0 amide bonds. The molecule has 0 aliphatic rings. The van der Waals surface area contributed by atoms with Crippen LogP contribution in [0.25, 0.3) is 0 Å². The van der Waals surface area contributed by atoms with Crippen LogP contribution in [0.3, 0.4) is 0 Å². The van der Waals surface area contributed by atoms with Crippen molar-refractivity contribution in [3.8, 4) is 0 Å². The van der Waals surface area contributed by atoms with Crippen LogP contribution in [0.15, 0.2) is 24.5 Å². The lowest BCUT2D eigenvalue weighted by molar-refractivity contribution is -0.160. The third-order valence-electron chi connectivity index (χ3n) is 2.19. The van der Waals surface area contributed by atoms with Crippen molar-refractivity contribution in [1.29, 1.82) is 0 Å². The monoisotopic (exact) mass is 236 g/mol. The van der Waals surface area contributed by atoms with Crippen molar-refractivity contribution in [3.05, 3.63) is 30.1 Å². The van der Waals surface area contributed by atoms with Crippen LogP contribution in [-0.2, 0) is 16.0 Å². The molecule has 0 radical (unpaired) electrons. The van der Waals surface area contributed by atoms with Crippen molar-refractivity contribution in [1.82, 2.24) is 4.98 Å². The van der Waals surface area contributed by atoms with Crippen LogP contribution < -0.4 is 5.73 Å². The van der Waals surface area contributed by atoms with E-state index in [9.17, 15) is 4.79 Å². The van der Waals surface area contributed by atoms with Gasteiger partial charge in [0.15, 0.2) is 0 Å². The SMILES string of the molecule is CC(C)(C)OC(=O)C(C)(N)Cc1ccncc1. The maximum atomic E-state index is 11.9. The molecule has 94 valence electrons. The smallest absolute Gasteiger partial charge is 0.326 e. The van der Waals surface area contributed by atoms with Crippen LogP contribution in [0.5, 0.6) is 0 Å². The normalized spacial score (nSPS) is 15.1. The van der Waals surface area contributed by atoms with Gasteiger partial charge in [0.05, 0.1) is 0 Å². The van der Waals surface area contributed by atoms with E-state index in [1.165, 1.54) is 0 Å².